The first-order chi connectivity index (χ1) is 19.7. The Morgan fingerprint density at radius 1 is 1.02 bits per heavy atom. The molecule has 12 heteroatoms. The Morgan fingerprint density at radius 2 is 1.68 bits per heavy atom. The van der Waals surface area contributed by atoms with E-state index in [-0.39, 0.29) is 16.8 Å². The highest BCUT2D eigenvalue weighted by molar-refractivity contribution is 7.89. The smallest absolute Gasteiger partial charge is 0.243 e. The van der Waals surface area contributed by atoms with Crippen LogP contribution in [0.5, 0.6) is 0 Å². The van der Waals surface area contributed by atoms with Crippen molar-refractivity contribution in [3.05, 3.63) is 89.6 Å². The maximum atomic E-state index is 13.3. The number of halogens is 1. The van der Waals surface area contributed by atoms with Gasteiger partial charge in [-0.05, 0) is 86.0 Å². The van der Waals surface area contributed by atoms with Crippen LogP contribution in [0.4, 0.5) is 27.5 Å². The van der Waals surface area contributed by atoms with Crippen molar-refractivity contribution < 1.29 is 12.8 Å². The number of anilines is 4. The van der Waals surface area contributed by atoms with Crippen molar-refractivity contribution in [2.24, 2.45) is 7.05 Å². The third kappa shape index (κ3) is 6.54. The molecule has 10 nitrogen and oxygen atoms in total. The fourth-order valence-electron chi connectivity index (χ4n) is 4.76. The molecule has 0 radical (unpaired) electrons. The lowest BCUT2D eigenvalue weighted by Crippen LogP contribution is -2.44. The Kier molecular flexibility index (Phi) is 8.30. The molecule has 1 aliphatic heterocycles. The molecule has 3 N–H and O–H groups in total. The van der Waals surface area contributed by atoms with Gasteiger partial charge in [-0.15, -0.1) is 0 Å². The number of nitriles is 1. The van der Waals surface area contributed by atoms with Gasteiger partial charge in [-0.1, -0.05) is 0 Å². The topological polar surface area (TPSA) is 128 Å². The first-order valence-electron chi connectivity index (χ1n) is 13.2. The summed E-state index contributed by atoms with van der Waals surface area (Å²) in [7, 11) is -1.75. The fourth-order valence-corrected chi connectivity index (χ4v) is 6.23. The summed E-state index contributed by atoms with van der Waals surface area (Å²) in [6.45, 7) is 3.49. The second kappa shape index (κ2) is 12.1. The Morgan fingerprint density at radius 3 is 2.34 bits per heavy atom. The number of hydrogen-bond acceptors (Lipinski definition) is 8. The van der Waals surface area contributed by atoms with Crippen LogP contribution in [-0.2, 0) is 23.6 Å². The lowest BCUT2D eigenvalue weighted by Gasteiger charge is -2.31. The first-order valence-corrected chi connectivity index (χ1v) is 14.7. The van der Waals surface area contributed by atoms with Gasteiger partial charge in [0.25, 0.3) is 0 Å². The summed E-state index contributed by atoms with van der Waals surface area (Å²) >= 11 is 0. The lowest BCUT2D eigenvalue weighted by molar-refractivity contribution is 0.288. The molecule has 0 bridgehead atoms. The number of nitrogens with zero attached hydrogens (tertiary/aromatic N) is 5. The number of piperidine rings is 1. The van der Waals surface area contributed by atoms with E-state index in [9.17, 15) is 18.1 Å². The van der Waals surface area contributed by atoms with Crippen LogP contribution in [0.3, 0.4) is 0 Å². The van der Waals surface area contributed by atoms with E-state index >= 15 is 0 Å². The first kappa shape index (κ1) is 28.2. The van der Waals surface area contributed by atoms with Crippen molar-refractivity contribution in [3.8, 4) is 6.07 Å². The molecule has 1 aliphatic rings. The maximum absolute atomic E-state index is 13.3. The van der Waals surface area contributed by atoms with Gasteiger partial charge in [-0.2, -0.15) is 14.6 Å². The van der Waals surface area contributed by atoms with E-state index in [1.807, 2.05) is 24.6 Å². The van der Waals surface area contributed by atoms with E-state index in [0.717, 1.165) is 11.3 Å². The van der Waals surface area contributed by atoms with E-state index < -0.39 is 10.0 Å². The second-order valence-corrected chi connectivity index (χ2v) is 11.9. The Bertz CT molecular complexity index is 1660. The molecule has 3 heterocycles. The zero-order valence-electron chi connectivity index (χ0n) is 22.8. The molecule has 0 unspecified atom stereocenters. The van der Waals surface area contributed by atoms with Crippen molar-refractivity contribution in [2.75, 3.05) is 23.7 Å². The van der Waals surface area contributed by atoms with Crippen LogP contribution >= 0.6 is 0 Å². The van der Waals surface area contributed by atoms with Crippen LogP contribution in [-0.4, -0.2) is 46.4 Å². The molecule has 2 aromatic carbocycles. The fraction of sp³-hybridized carbons (Fsp3) is 0.276. The van der Waals surface area contributed by atoms with Gasteiger partial charge < -0.3 is 20.5 Å². The third-order valence-electron chi connectivity index (χ3n) is 7.31. The molecule has 41 heavy (non-hydrogen) atoms. The minimum Gasteiger partial charge on any atom is -0.340 e. The molecule has 1 fully saturated rings. The summed E-state index contributed by atoms with van der Waals surface area (Å²) in [6.07, 6.45) is 2.99. The maximum Gasteiger partial charge on any atom is 0.243 e. The van der Waals surface area contributed by atoms with Crippen molar-refractivity contribution >= 4 is 33.2 Å². The quantitative estimate of drug-likeness (QED) is 0.265. The Labute approximate surface area is 238 Å². The number of aromatic nitrogens is 3. The average molecular weight is 575 g/mol. The van der Waals surface area contributed by atoms with Gasteiger partial charge in [0.2, 0.25) is 16.0 Å². The predicted molar refractivity (Wildman–Crippen MR) is 155 cm³/mol. The summed E-state index contributed by atoms with van der Waals surface area (Å²) in [4.78, 5) is 8.86. The number of hydrogen-bond donors (Lipinski definition) is 3. The predicted octanol–water partition coefficient (Wildman–Crippen LogP) is 4.56. The zero-order chi connectivity index (χ0) is 29.0. The van der Waals surface area contributed by atoms with Gasteiger partial charge in [0.1, 0.15) is 23.4 Å². The molecule has 0 spiro atoms. The van der Waals surface area contributed by atoms with E-state index in [0.29, 0.717) is 61.3 Å². The third-order valence-corrected chi connectivity index (χ3v) is 9.22. The van der Waals surface area contributed by atoms with Crippen LogP contribution in [0.25, 0.3) is 0 Å². The Hall–Kier alpha value is -4.31. The van der Waals surface area contributed by atoms with E-state index in [1.165, 1.54) is 16.4 Å². The monoisotopic (exact) mass is 574 g/mol. The minimum absolute atomic E-state index is 0.200. The summed E-state index contributed by atoms with van der Waals surface area (Å²) in [5, 5.41) is 18.9. The van der Waals surface area contributed by atoms with Gasteiger partial charge in [-0.3, -0.25) is 0 Å². The van der Waals surface area contributed by atoms with Crippen LogP contribution in [0.1, 0.15) is 29.8 Å². The van der Waals surface area contributed by atoms with Gasteiger partial charge in [0, 0.05) is 56.0 Å². The number of nitrogens with one attached hydrogen (secondary N) is 3. The number of rotatable bonds is 9. The molecule has 5 rings (SSSR count). The minimum atomic E-state index is -3.63. The number of benzene rings is 2. The normalized spacial score (nSPS) is 14.5. The van der Waals surface area contributed by atoms with Crippen LogP contribution in [0.15, 0.2) is 71.8 Å². The molecular weight excluding hydrogens is 543 g/mol. The van der Waals surface area contributed by atoms with Gasteiger partial charge in [0.15, 0.2) is 0 Å². The van der Waals surface area contributed by atoms with Crippen molar-refractivity contribution in [1.29, 1.82) is 5.26 Å². The number of sulfonamides is 1. The lowest BCUT2D eigenvalue weighted by atomic mass is 10.1. The average Bonchev–Trinajstić information content (AvgIpc) is 3.26. The van der Waals surface area contributed by atoms with Crippen LogP contribution in [0, 0.1) is 24.1 Å². The molecule has 0 amide bonds. The van der Waals surface area contributed by atoms with E-state index in [1.54, 1.807) is 48.7 Å². The SMILES string of the molecule is Cc1c(CNC2CCN(S(=O)(=O)c3ccc(Nc4nccc(Nc5ccc(F)cc5)n4)cc3)CC2)cc(C#N)n1C. The highest BCUT2D eigenvalue weighted by Crippen LogP contribution is 2.24. The molecule has 4 aromatic rings. The van der Waals surface area contributed by atoms with Gasteiger partial charge in [0.05, 0.1) is 4.90 Å². The largest absolute Gasteiger partial charge is 0.340 e. The van der Waals surface area contributed by atoms with Gasteiger partial charge >= 0.3 is 0 Å². The molecule has 0 saturated carbocycles. The summed E-state index contributed by atoms with van der Waals surface area (Å²) in [5.41, 5.74) is 4.08. The molecule has 1 saturated heterocycles. The highest BCUT2D eigenvalue weighted by Gasteiger charge is 2.29. The molecule has 0 atom stereocenters. The van der Waals surface area contributed by atoms with Gasteiger partial charge in [-0.25, -0.2) is 17.8 Å². The molecule has 2 aromatic heterocycles. The second-order valence-electron chi connectivity index (χ2n) is 9.92. The molecule has 212 valence electrons. The highest BCUT2D eigenvalue weighted by atomic mass is 32.2. The van der Waals surface area contributed by atoms with Crippen LogP contribution in [0.2, 0.25) is 0 Å². The van der Waals surface area contributed by atoms with E-state index in [2.05, 4.69) is 32.0 Å². The zero-order valence-corrected chi connectivity index (χ0v) is 23.6. The van der Waals surface area contributed by atoms with Crippen molar-refractivity contribution in [3.63, 3.8) is 0 Å². The van der Waals surface area contributed by atoms with Crippen LogP contribution < -0.4 is 16.0 Å². The molecular formula is C29H31FN8O2S. The van der Waals surface area contributed by atoms with Crippen molar-refractivity contribution in [1.82, 2.24) is 24.2 Å². The summed E-state index contributed by atoms with van der Waals surface area (Å²) < 4.78 is 43.2. The summed E-state index contributed by atoms with van der Waals surface area (Å²) in [6, 6.07) is 18.4. The van der Waals surface area contributed by atoms with Crippen molar-refractivity contribution in [2.45, 2.75) is 37.2 Å². The van der Waals surface area contributed by atoms with E-state index in [4.69, 9.17) is 0 Å². The molecule has 0 aliphatic carbocycles. The Balaban J connectivity index is 1.15. The standard InChI is InChI=1S/C29H31FN8O2S/c1-20-21(17-26(18-31)37(20)2)19-33-23-12-15-38(16-13-23)41(39,40)27-9-7-25(8-10-27)35-29-32-14-11-28(36-29)34-24-5-3-22(30)4-6-24/h3-11,14,17,23,33H,12-13,15-16,19H2,1-2H3,(H2,32,34,35,36). The summed E-state index contributed by atoms with van der Waals surface area (Å²) in [5.74, 6) is 0.534.